The molecule has 2 aromatic rings. The second kappa shape index (κ2) is 6.32. The van der Waals surface area contributed by atoms with Crippen LogP contribution in [0.25, 0.3) is 10.9 Å². The van der Waals surface area contributed by atoms with Crippen LogP contribution in [-0.4, -0.2) is 22.5 Å². The minimum atomic E-state index is -0.209. The van der Waals surface area contributed by atoms with Crippen molar-refractivity contribution in [3.05, 3.63) is 36.0 Å². The number of fused-ring (bicyclic) bond motifs is 3. The summed E-state index contributed by atoms with van der Waals surface area (Å²) in [6, 6.07) is 7.20. The minimum absolute atomic E-state index is 0. The fourth-order valence-corrected chi connectivity index (χ4v) is 4.84. The summed E-state index contributed by atoms with van der Waals surface area (Å²) in [5.41, 5.74) is 1.20. The Morgan fingerprint density at radius 2 is 2.12 bits per heavy atom. The van der Waals surface area contributed by atoms with Gasteiger partial charge in [-0.2, -0.15) is 0 Å². The van der Waals surface area contributed by atoms with Crippen LogP contribution in [0.1, 0.15) is 50.9 Å². The van der Waals surface area contributed by atoms with Gasteiger partial charge in [0.05, 0.1) is 5.56 Å². The predicted molar refractivity (Wildman–Crippen MR) is 101 cm³/mol. The Bertz CT molecular complexity index is 798. The van der Waals surface area contributed by atoms with Crippen molar-refractivity contribution in [2.24, 2.45) is 23.2 Å². The van der Waals surface area contributed by atoms with E-state index in [0.29, 0.717) is 34.9 Å². The number of nitrogens with one attached hydrogen (secondary N) is 1. The highest BCUT2D eigenvalue weighted by Crippen LogP contribution is 2.61. The first kappa shape index (κ1) is 17.7. The maximum Gasteiger partial charge on any atom is 0.255 e. The van der Waals surface area contributed by atoms with Crippen LogP contribution in [0, 0.1) is 23.2 Å². The molecule has 2 bridgehead atoms. The van der Waals surface area contributed by atoms with E-state index in [1.807, 2.05) is 18.2 Å². The van der Waals surface area contributed by atoms with Gasteiger partial charge in [-0.05, 0) is 54.6 Å². The van der Waals surface area contributed by atoms with E-state index in [9.17, 15) is 9.90 Å². The van der Waals surface area contributed by atoms with Crippen LogP contribution in [0.5, 0.6) is 5.75 Å². The van der Waals surface area contributed by atoms with E-state index in [1.165, 1.54) is 19.3 Å². The highest BCUT2D eigenvalue weighted by molar-refractivity contribution is 6.02. The first-order chi connectivity index (χ1) is 11.5. The molecule has 0 spiro atoms. The molecule has 1 amide bonds. The lowest BCUT2D eigenvalue weighted by Gasteiger charge is -2.60. The van der Waals surface area contributed by atoms with Gasteiger partial charge >= 0.3 is 0 Å². The zero-order chi connectivity index (χ0) is 16.9. The van der Waals surface area contributed by atoms with Crippen molar-refractivity contribution in [1.29, 1.82) is 0 Å². The SMILES string of the molecule is C.CC1(C)C2CC[C@@H](CNC(=O)c3ccc4cccnc4c3O)C1C2. The van der Waals surface area contributed by atoms with Gasteiger partial charge in [0.2, 0.25) is 0 Å². The summed E-state index contributed by atoms with van der Waals surface area (Å²) in [4.78, 5) is 16.7. The van der Waals surface area contributed by atoms with Crippen LogP contribution >= 0.6 is 0 Å². The van der Waals surface area contributed by atoms with Crippen LogP contribution in [0.3, 0.4) is 0 Å². The van der Waals surface area contributed by atoms with Crippen LogP contribution in [0.2, 0.25) is 0 Å². The number of amides is 1. The van der Waals surface area contributed by atoms with Gasteiger partial charge < -0.3 is 10.4 Å². The van der Waals surface area contributed by atoms with Gasteiger partial charge in [0.15, 0.2) is 5.75 Å². The molecule has 4 heteroatoms. The number of hydrogen-bond donors (Lipinski definition) is 2. The summed E-state index contributed by atoms with van der Waals surface area (Å²) >= 11 is 0. The second-order valence-corrected chi connectivity index (χ2v) is 7.94. The average Bonchev–Trinajstić information content (AvgIpc) is 2.60. The van der Waals surface area contributed by atoms with Gasteiger partial charge in [-0.25, -0.2) is 0 Å². The number of hydrogen-bond acceptors (Lipinski definition) is 3. The fraction of sp³-hybridized carbons (Fsp3) is 0.524. The number of rotatable bonds is 3. The summed E-state index contributed by atoms with van der Waals surface area (Å²) in [7, 11) is 0. The number of pyridine rings is 1. The molecule has 2 N–H and O–H groups in total. The lowest BCUT2D eigenvalue weighted by Crippen LogP contribution is -2.54. The van der Waals surface area contributed by atoms with E-state index in [2.05, 4.69) is 24.1 Å². The van der Waals surface area contributed by atoms with Crippen LogP contribution < -0.4 is 5.32 Å². The highest BCUT2D eigenvalue weighted by Gasteiger charge is 2.53. The molecule has 5 rings (SSSR count). The molecule has 3 aliphatic rings. The van der Waals surface area contributed by atoms with Crippen LogP contribution in [-0.2, 0) is 0 Å². The Hall–Kier alpha value is -2.10. The number of phenols is 1. The molecular formula is C21H28N2O2. The number of carbonyl (C=O) groups is 1. The van der Waals surface area contributed by atoms with Gasteiger partial charge in [0, 0.05) is 18.1 Å². The number of carbonyl (C=O) groups excluding carboxylic acids is 1. The molecule has 0 radical (unpaired) electrons. The molecule has 3 aliphatic carbocycles. The predicted octanol–water partition coefficient (Wildman–Crippen LogP) is 4.38. The lowest BCUT2D eigenvalue weighted by atomic mass is 9.45. The normalized spacial score (nSPS) is 26.4. The Balaban J connectivity index is 0.00000182. The lowest BCUT2D eigenvalue weighted by molar-refractivity contribution is -0.103. The Labute approximate surface area is 149 Å². The Morgan fingerprint density at radius 1 is 1.32 bits per heavy atom. The van der Waals surface area contributed by atoms with Crippen LogP contribution in [0.15, 0.2) is 30.5 Å². The zero-order valence-electron chi connectivity index (χ0n) is 14.2. The molecule has 25 heavy (non-hydrogen) atoms. The zero-order valence-corrected chi connectivity index (χ0v) is 14.2. The number of benzene rings is 1. The molecule has 1 aromatic carbocycles. The largest absolute Gasteiger partial charge is 0.505 e. The highest BCUT2D eigenvalue weighted by atomic mass is 16.3. The third kappa shape index (κ3) is 2.78. The number of nitrogens with zero attached hydrogens (tertiary/aromatic N) is 1. The molecule has 3 fully saturated rings. The van der Waals surface area contributed by atoms with Crippen molar-refractivity contribution < 1.29 is 9.90 Å². The molecule has 0 aliphatic heterocycles. The van der Waals surface area contributed by atoms with Crippen molar-refractivity contribution in [3.8, 4) is 5.75 Å². The number of phenolic OH excluding ortho intramolecular Hbond substituents is 1. The van der Waals surface area contributed by atoms with Crippen molar-refractivity contribution in [2.75, 3.05) is 6.54 Å². The molecule has 2 unspecified atom stereocenters. The number of aromatic nitrogens is 1. The summed E-state index contributed by atoms with van der Waals surface area (Å²) in [5, 5.41) is 14.3. The van der Waals surface area contributed by atoms with E-state index in [1.54, 1.807) is 12.3 Å². The maximum atomic E-state index is 12.5. The van der Waals surface area contributed by atoms with Crippen molar-refractivity contribution in [3.63, 3.8) is 0 Å². The van der Waals surface area contributed by atoms with Gasteiger partial charge in [0.1, 0.15) is 5.52 Å². The van der Waals surface area contributed by atoms with Crippen molar-refractivity contribution in [2.45, 2.75) is 40.5 Å². The Morgan fingerprint density at radius 3 is 2.84 bits per heavy atom. The van der Waals surface area contributed by atoms with E-state index >= 15 is 0 Å². The molecule has 3 atom stereocenters. The van der Waals surface area contributed by atoms with E-state index < -0.39 is 0 Å². The van der Waals surface area contributed by atoms with Gasteiger partial charge in [-0.15, -0.1) is 0 Å². The summed E-state index contributed by atoms with van der Waals surface area (Å²) in [6.07, 6.45) is 5.40. The monoisotopic (exact) mass is 340 g/mol. The molecule has 1 heterocycles. The third-order valence-electron chi connectivity index (χ3n) is 6.52. The molecular weight excluding hydrogens is 312 g/mol. The van der Waals surface area contributed by atoms with Crippen LogP contribution in [0.4, 0.5) is 0 Å². The van der Waals surface area contributed by atoms with E-state index in [-0.39, 0.29) is 19.1 Å². The van der Waals surface area contributed by atoms with Gasteiger partial charge in [-0.3, -0.25) is 9.78 Å². The quantitative estimate of drug-likeness (QED) is 0.871. The first-order valence-electron chi connectivity index (χ1n) is 8.83. The topological polar surface area (TPSA) is 62.2 Å². The van der Waals surface area contributed by atoms with Crippen molar-refractivity contribution >= 4 is 16.8 Å². The average molecular weight is 340 g/mol. The summed E-state index contributed by atoms with van der Waals surface area (Å²) in [5.74, 6) is 1.89. The fourth-order valence-electron chi connectivity index (χ4n) is 4.84. The summed E-state index contributed by atoms with van der Waals surface area (Å²) < 4.78 is 0. The molecule has 4 nitrogen and oxygen atoms in total. The molecule has 3 saturated carbocycles. The molecule has 1 aromatic heterocycles. The molecule has 134 valence electrons. The second-order valence-electron chi connectivity index (χ2n) is 7.94. The van der Waals surface area contributed by atoms with Gasteiger partial charge in [-0.1, -0.05) is 33.4 Å². The molecule has 0 saturated heterocycles. The van der Waals surface area contributed by atoms with E-state index in [0.717, 1.165) is 11.3 Å². The van der Waals surface area contributed by atoms with Gasteiger partial charge in [0.25, 0.3) is 5.91 Å². The minimum Gasteiger partial charge on any atom is -0.505 e. The number of aromatic hydroxyl groups is 1. The smallest absolute Gasteiger partial charge is 0.255 e. The Kier molecular flexibility index (Phi) is 4.48. The summed E-state index contributed by atoms with van der Waals surface area (Å²) in [6.45, 7) is 5.42. The standard InChI is InChI=1S/C20H24N2O2.CH4/c1-20(2)14-7-5-13(16(20)10-14)11-22-19(24)15-8-6-12-4-3-9-21-17(12)18(15)23;/h3-4,6,8-9,13-14,16,23H,5,7,10-11H2,1-2H3,(H,22,24);1H4/t13-,14?,16?;/m0./s1. The maximum absolute atomic E-state index is 12.5. The first-order valence-corrected chi connectivity index (χ1v) is 8.83. The third-order valence-corrected chi connectivity index (χ3v) is 6.52. The van der Waals surface area contributed by atoms with Crippen molar-refractivity contribution in [1.82, 2.24) is 10.3 Å². The van der Waals surface area contributed by atoms with E-state index in [4.69, 9.17) is 0 Å².